The number of halogens is 2. The SMILES string of the molecule is Cc1ccc(NC(=O)Cn2nnc(C(=O)Nc3ccccc3Cl)c2C)c(Cl)c1. The number of benzene rings is 2. The Labute approximate surface area is 171 Å². The van der Waals surface area contributed by atoms with E-state index in [1.54, 1.807) is 43.3 Å². The van der Waals surface area contributed by atoms with Crippen molar-refractivity contribution >= 4 is 46.4 Å². The first-order chi connectivity index (χ1) is 13.3. The van der Waals surface area contributed by atoms with Crippen molar-refractivity contribution in [1.82, 2.24) is 15.0 Å². The van der Waals surface area contributed by atoms with Crippen LogP contribution >= 0.6 is 23.2 Å². The summed E-state index contributed by atoms with van der Waals surface area (Å²) in [6.45, 7) is 3.46. The smallest absolute Gasteiger partial charge is 0.278 e. The molecule has 0 atom stereocenters. The van der Waals surface area contributed by atoms with Crippen molar-refractivity contribution in [3.8, 4) is 0 Å². The van der Waals surface area contributed by atoms with Crippen LogP contribution in [0.2, 0.25) is 10.0 Å². The van der Waals surface area contributed by atoms with Gasteiger partial charge in [0.2, 0.25) is 5.91 Å². The average molecular weight is 418 g/mol. The van der Waals surface area contributed by atoms with Gasteiger partial charge in [0.05, 0.1) is 27.1 Å². The zero-order chi connectivity index (χ0) is 20.3. The van der Waals surface area contributed by atoms with Crippen LogP contribution in [0.4, 0.5) is 11.4 Å². The van der Waals surface area contributed by atoms with Crippen molar-refractivity contribution < 1.29 is 9.59 Å². The minimum absolute atomic E-state index is 0.109. The lowest BCUT2D eigenvalue weighted by atomic mass is 10.2. The second kappa shape index (κ2) is 8.41. The minimum atomic E-state index is -0.459. The second-order valence-electron chi connectivity index (χ2n) is 6.15. The van der Waals surface area contributed by atoms with Gasteiger partial charge in [0.25, 0.3) is 5.91 Å². The quantitative estimate of drug-likeness (QED) is 0.653. The molecule has 2 N–H and O–H groups in total. The summed E-state index contributed by atoms with van der Waals surface area (Å²) in [6, 6.07) is 12.2. The number of amides is 2. The molecule has 28 heavy (non-hydrogen) atoms. The number of aryl methyl sites for hydroxylation is 1. The number of rotatable bonds is 5. The highest BCUT2D eigenvalue weighted by atomic mass is 35.5. The van der Waals surface area contributed by atoms with Gasteiger partial charge in [-0.15, -0.1) is 5.10 Å². The van der Waals surface area contributed by atoms with Crippen LogP contribution in [-0.2, 0) is 11.3 Å². The van der Waals surface area contributed by atoms with Crippen LogP contribution in [-0.4, -0.2) is 26.8 Å². The van der Waals surface area contributed by atoms with E-state index < -0.39 is 5.91 Å². The molecule has 3 rings (SSSR count). The number of aromatic nitrogens is 3. The van der Waals surface area contributed by atoms with Crippen LogP contribution in [0.15, 0.2) is 42.5 Å². The van der Waals surface area contributed by atoms with Crippen molar-refractivity contribution in [2.24, 2.45) is 0 Å². The average Bonchev–Trinajstić information content (AvgIpc) is 3.00. The van der Waals surface area contributed by atoms with Gasteiger partial charge in [-0.25, -0.2) is 4.68 Å². The normalized spacial score (nSPS) is 10.6. The molecule has 0 fully saturated rings. The third kappa shape index (κ3) is 4.49. The molecule has 1 heterocycles. The summed E-state index contributed by atoms with van der Waals surface area (Å²) < 4.78 is 1.35. The molecule has 3 aromatic rings. The number of carbonyl (C=O) groups excluding carboxylic acids is 2. The van der Waals surface area contributed by atoms with Crippen molar-refractivity contribution in [1.29, 1.82) is 0 Å². The topological polar surface area (TPSA) is 88.9 Å². The van der Waals surface area contributed by atoms with E-state index in [1.807, 2.05) is 13.0 Å². The highest BCUT2D eigenvalue weighted by Gasteiger charge is 2.19. The van der Waals surface area contributed by atoms with E-state index in [0.29, 0.717) is 27.1 Å². The van der Waals surface area contributed by atoms with Gasteiger partial charge in [0, 0.05) is 0 Å². The molecule has 0 saturated heterocycles. The van der Waals surface area contributed by atoms with Crippen molar-refractivity contribution in [3.63, 3.8) is 0 Å². The maximum atomic E-state index is 12.5. The number of para-hydroxylation sites is 1. The molecule has 1 aromatic heterocycles. The standard InChI is InChI=1S/C19H17Cl2N5O2/c1-11-7-8-16(14(21)9-11)22-17(27)10-26-12(2)18(24-25-26)19(28)23-15-6-4-3-5-13(15)20/h3-9H,10H2,1-2H3,(H,22,27)(H,23,28). The Bertz CT molecular complexity index is 1050. The lowest BCUT2D eigenvalue weighted by molar-refractivity contribution is -0.117. The van der Waals surface area contributed by atoms with Gasteiger partial charge < -0.3 is 10.6 Å². The monoisotopic (exact) mass is 417 g/mol. The first kappa shape index (κ1) is 19.9. The molecule has 9 heteroatoms. The Morgan fingerprint density at radius 2 is 1.71 bits per heavy atom. The predicted molar refractivity (Wildman–Crippen MR) is 109 cm³/mol. The zero-order valence-electron chi connectivity index (χ0n) is 15.2. The fourth-order valence-electron chi connectivity index (χ4n) is 2.51. The summed E-state index contributed by atoms with van der Waals surface area (Å²) in [5, 5.41) is 14.0. The molecular formula is C19H17Cl2N5O2. The van der Waals surface area contributed by atoms with Gasteiger partial charge in [0.1, 0.15) is 6.54 Å². The molecule has 0 unspecified atom stereocenters. The van der Waals surface area contributed by atoms with E-state index in [-0.39, 0.29) is 18.1 Å². The van der Waals surface area contributed by atoms with Crippen LogP contribution in [0.3, 0.4) is 0 Å². The zero-order valence-corrected chi connectivity index (χ0v) is 16.7. The lowest BCUT2D eigenvalue weighted by Gasteiger charge is -2.09. The number of nitrogens with one attached hydrogen (secondary N) is 2. The van der Waals surface area contributed by atoms with Crippen LogP contribution in [0.1, 0.15) is 21.7 Å². The van der Waals surface area contributed by atoms with Gasteiger partial charge in [-0.05, 0) is 43.7 Å². The summed E-state index contributed by atoms with van der Waals surface area (Å²) in [5.41, 5.74) is 2.53. The number of hydrogen-bond donors (Lipinski definition) is 2. The molecule has 0 bridgehead atoms. The Kier molecular flexibility index (Phi) is 5.96. The van der Waals surface area contributed by atoms with Gasteiger partial charge in [-0.1, -0.05) is 46.6 Å². The summed E-state index contributed by atoms with van der Waals surface area (Å²) in [6.07, 6.45) is 0. The van der Waals surface area contributed by atoms with Gasteiger partial charge in [-0.2, -0.15) is 0 Å². The molecule has 0 aliphatic heterocycles. The maximum absolute atomic E-state index is 12.5. The summed E-state index contributed by atoms with van der Waals surface area (Å²) in [5.74, 6) is -0.796. The fraction of sp³-hybridized carbons (Fsp3) is 0.158. The van der Waals surface area contributed by atoms with Crippen molar-refractivity contribution in [3.05, 3.63) is 69.5 Å². The van der Waals surface area contributed by atoms with Gasteiger partial charge >= 0.3 is 0 Å². The van der Waals surface area contributed by atoms with Crippen LogP contribution < -0.4 is 10.6 Å². The number of anilines is 2. The Hall–Kier alpha value is -2.90. The number of nitrogens with zero attached hydrogens (tertiary/aromatic N) is 3. The number of hydrogen-bond acceptors (Lipinski definition) is 4. The Balaban J connectivity index is 1.69. The molecule has 0 saturated carbocycles. The van der Waals surface area contributed by atoms with E-state index in [9.17, 15) is 9.59 Å². The van der Waals surface area contributed by atoms with Crippen molar-refractivity contribution in [2.45, 2.75) is 20.4 Å². The Morgan fingerprint density at radius 1 is 1.00 bits per heavy atom. The maximum Gasteiger partial charge on any atom is 0.278 e. The third-order valence-electron chi connectivity index (χ3n) is 4.01. The molecule has 0 radical (unpaired) electrons. The first-order valence-electron chi connectivity index (χ1n) is 8.37. The molecule has 2 amide bonds. The Morgan fingerprint density at radius 3 is 2.43 bits per heavy atom. The van der Waals surface area contributed by atoms with Crippen LogP contribution in [0.25, 0.3) is 0 Å². The molecule has 0 aliphatic rings. The summed E-state index contributed by atoms with van der Waals surface area (Å²) >= 11 is 12.2. The molecular weight excluding hydrogens is 401 g/mol. The van der Waals surface area contributed by atoms with E-state index in [0.717, 1.165) is 5.56 Å². The molecule has 0 aliphatic carbocycles. The first-order valence-corrected chi connectivity index (χ1v) is 9.12. The lowest BCUT2D eigenvalue weighted by Crippen LogP contribution is -2.21. The van der Waals surface area contributed by atoms with Gasteiger partial charge in [0.15, 0.2) is 5.69 Å². The molecule has 0 spiro atoms. The highest BCUT2D eigenvalue weighted by Crippen LogP contribution is 2.23. The molecule has 7 nitrogen and oxygen atoms in total. The van der Waals surface area contributed by atoms with Crippen LogP contribution in [0, 0.1) is 13.8 Å². The van der Waals surface area contributed by atoms with E-state index in [1.165, 1.54) is 4.68 Å². The van der Waals surface area contributed by atoms with E-state index >= 15 is 0 Å². The highest BCUT2D eigenvalue weighted by molar-refractivity contribution is 6.34. The molecule has 2 aromatic carbocycles. The summed E-state index contributed by atoms with van der Waals surface area (Å²) in [7, 11) is 0. The summed E-state index contributed by atoms with van der Waals surface area (Å²) in [4.78, 5) is 24.8. The van der Waals surface area contributed by atoms with Crippen molar-refractivity contribution in [2.75, 3.05) is 10.6 Å². The molecule has 144 valence electrons. The van der Waals surface area contributed by atoms with Gasteiger partial charge in [-0.3, -0.25) is 9.59 Å². The largest absolute Gasteiger partial charge is 0.323 e. The fourth-order valence-corrected chi connectivity index (χ4v) is 2.98. The predicted octanol–water partition coefficient (Wildman–Crippen LogP) is 4.09. The van der Waals surface area contributed by atoms with Crippen LogP contribution in [0.5, 0.6) is 0 Å². The second-order valence-corrected chi connectivity index (χ2v) is 6.96. The third-order valence-corrected chi connectivity index (χ3v) is 4.65. The number of carbonyl (C=O) groups is 2. The minimum Gasteiger partial charge on any atom is -0.323 e. The van der Waals surface area contributed by atoms with E-state index in [2.05, 4.69) is 20.9 Å². The van der Waals surface area contributed by atoms with E-state index in [4.69, 9.17) is 23.2 Å².